The fourth-order valence-corrected chi connectivity index (χ4v) is 2.38. The standard InChI is InChI=1S/C10H8N4S/c11-7-1-2-8-9(5-7)15-10(13-8)14-4-3-12-6-14/h1-6H,11H2. The van der Waals surface area contributed by atoms with Crippen molar-refractivity contribution >= 4 is 27.2 Å². The van der Waals surface area contributed by atoms with Crippen molar-refractivity contribution in [3.8, 4) is 5.13 Å². The molecule has 0 amide bonds. The molecule has 5 heteroatoms. The molecule has 4 nitrogen and oxygen atoms in total. The molecule has 0 saturated carbocycles. The van der Waals surface area contributed by atoms with Gasteiger partial charge in [-0.1, -0.05) is 11.3 Å². The van der Waals surface area contributed by atoms with Gasteiger partial charge in [-0.2, -0.15) is 0 Å². The van der Waals surface area contributed by atoms with E-state index in [-0.39, 0.29) is 0 Å². The lowest BCUT2D eigenvalue weighted by atomic mass is 10.3. The van der Waals surface area contributed by atoms with E-state index in [9.17, 15) is 0 Å². The van der Waals surface area contributed by atoms with E-state index in [1.165, 1.54) is 0 Å². The SMILES string of the molecule is Nc1ccc2nc(-n3ccnc3)sc2c1. The summed E-state index contributed by atoms with van der Waals surface area (Å²) in [7, 11) is 0. The van der Waals surface area contributed by atoms with Crippen molar-refractivity contribution < 1.29 is 0 Å². The highest BCUT2D eigenvalue weighted by molar-refractivity contribution is 7.20. The van der Waals surface area contributed by atoms with E-state index < -0.39 is 0 Å². The summed E-state index contributed by atoms with van der Waals surface area (Å²) in [5.74, 6) is 0. The van der Waals surface area contributed by atoms with Crippen LogP contribution in [0.3, 0.4) is 0 Å². The molecule has 1 aromatic carbocycles. The number of thiazole rings is 1. The van der Waals surface area contributed by atoms with Crippen LogP contribution >= 0.6 is 11.3 Å². The van der Waals surface area contributed by atoms with Crippen molar-refractivity contribution in [1.29, 1.82) is 0 Å². The average Bonchev–Trinajstić information content (AvgIpc) is 2.84. The molecule has 0 bridgehead atoms. The molecule has 2 aromatic heterocycles. The molecule has 0 saturated heterocycles. The minimum atomic E-state index is 0.767. The zero-order chi connectivity index (χ0) is 10.3. The third kappa shape index (κ3) is 1.37. The van der Waals surface area contributed by atoms with Gasteiger partial charge in [0.25, 0.3) is 0 Å². The van der Waals surface area contributed by atoms with Crippen LogP contribution < -0.4 is 5.73 Å². The first-order valence-electron chi connectivity index (χ1n) is 4.47. The molecule has 2 heterocycles. The van der Waals surface area contributed by atoms with Crippen molar-refractivity contribution in [2.45, 2.75) is 0 Å². The highest BCUT2D eigenvalue weighted by Gasteiger charge is 2.04. The summed E-state index contributed by atoms with van der Waals surface area (Å²) in [6.45, 7) is 0. The smallest absolute Gasteiger partial charge is 0.195 e. The van der Waals surface area contributed by atoms with E-state index >= 15 is 0 Å². The van der Waals surface area contributed by atoms with Gasteiger partial charge >= 0.3 is 0 Å². The number of imidazole rings is 1. The predicted molar refractivity (Wildman–Crippen MR) is 61.2 cm³/mol. The molecule has 0 fully saturated rings. The Morgan fingerprint density at radius 3 is 3.07 bits per heavy atom. The first kappa shape index (κ1) is 8.43. The molecule has 0 aliphatic rings. The monoisotopic (exact) mass is 216 g/mol. The van der Waals surface area contributed by atoms with E-state index in [2.05, 4.69) is 9.97 Å². The Kier molecular flexibility index (Phi) is 1.72. The molecule has 0 atom stereocenters. The Hall–Kier alpha value is -1.88. The predicted octanol–water partition coefficient (Wildman–Crippen LogP) is 2.06. The minimum Gasteiger partial charge on any atom is -0.399 e. The van der Waals surface area contributed by atoms with E-state index in [4.69, 9.17) is 5.73 Å². The number of nitrogens with zero attached hydrogens (tertiary/aromatic N) is 3. The molecule has 15 heavy (non-hydrogen) atoms. The summed E-state index contributed by atoms with van der Waals surface area (Å²) in [5, 5.41) is 0.910. The Bertz CT molecular complexity index is 597. The molecular formula is C10H8N4S. The van der Waals surface area contributed by atoms with E-state index in [1.54, 1.807) is 23.9 Å². The molecule has 0 spiro atoms. The summed E-state index contributed by atoms with van der Waals surface area (Å²) < 4.78 is 2.99. The lowest BCUT2D eigenvalue weighted by Crippen LogP contribution is -1.86. The van der Waals surface area contributed by atoms with Crippen molar-refractivity contribution in [2.75, 3.05) is 5.73 Å². The topological polar surface area (TPSA) is 56.7 Å². The molecule has 0 aliphatic heterocycles. The second kappa shape index (κ2) is 3.06. The number of nitrogens with two attached hydrogens (primary N) is 1. The number of nitrogen functional groups attached to an aromatic ring is 1. The summed E-state index contributed by atoms with van der Waals surface area (Å²) in [6, 6.07) is 5.73. The Morgan fingerprint density at radius 2 is 2.27 bits per heavy atom. The van der Waals surface area contributed by atoms with Crippen molar-refractivity contribution in [1.82, 2.24) is 14.5 Å². The number of rotatable bonds is 1. The maximum atomic E-state index is 5.71. The normalized spacial score (nSPS) is 10.9. The van der Waals surface area contributed by atoms with Crippen LogP contribution in [0.4, 0.5) is 5.69 Å². The van der Waals surface area contributed by atoms with E-state index in [1.807, 2.05) is 29.0 Å². The molecular weight excluding hydrogens is 208 g/mol. The van der Waals surface area contributed by atoms with E-state index in [0.29, 0.717) is 0 Å². The first-order valence-corrected chi connectivity index (χ1v) is 5.29. The zero-order valence-electron chi connectivity index (χ0n) is 7.79. The van der Waals surface area contributed by atoms with Gasteiger partial charge in [0.1, 0.15) is 6.33 Å². The first-order chi connectivity index (χ1) is 7.33. The number of hydrogen-bond acceptors (Lipinski definition) is 4. The molecule has 0 unspecified atom stereocenters. The highest BCUT2D eigenvalue weighted by Crippen LogP contribution is 2.26. The van der Waals surface area contributed by atoms with Gasteiger partial charge in [0.15, 0.2) is 5.13 Å². The third-order valence-corrected chi connectivity index (χ3v) is 3.16. The van der Waals surface area contributed by atoms with Crippen LogP contribution in [0.2, 0.25) is 0 Å². The van der Waals surface area contributed by atoms with Gasteiger partial charge in [0.2, 0.25) is 0 Å². The lowest BCUT2D eigenvalue weighted by Gasteiger charge is -1.90. The van der Waals surface area contributed by atoms with Crippen molar-refractivity contribution in [3.05, 3.63) is 36.9 Å². The quantitative estimate of drug-likeness (QED) is 0.633. The lowest BCUT2D eigenvalue weighted by molar-refractivity contribution is 1.04. The summed E-state index contributed by atoms with van der Waals surface area (Å²) >= 11 is 1.60. The van der Waals surface area contributed by atoms with Gasteiger partial charge < -0.3 is 5.73 Å². The molecule has 3 rings (SSSR count). The Morgan fingerprint density at radius 1 is 1.33 bits per heavy atom. The van der Waals surface area contributed by atoms with Gasteiger partial charge in [0.05, 0.1) is 10.2 Å². The van der Waals surface area contributed by atoms with Crippen molar-refractivity contribution in [2.24, 2.45) is 0 Å². The summed E-state index contributed by atoms with van der Waals surface area (Å²) in [4.78, 5) is 8.47. The van der Waals surface area contributed by atoms with Gasteiger partial charge in [-0.25, -0.2) is 9.97 Å². The molecule has 0 radical (unpaired) electrons. The van der Waals surface area contributed by atoms with Crippen LogP contribution in [-0.4, -0.2) is 14.5 Å². The Labute approximate surface area is 90.0 Å². The number of anilines is 1. The number of hydrogen-bond donors (Lipinski definition) is 1. The molecule has 3 aromatic rings. The fourth-order valence-electron chi connectivity index (χ4n) is 1.41. The van der Waals surface area contributed by atoms with Crippen LogP contribution in [0.25, 0.3) is 15.3 Å². The number of benzene rings is 1. The number of fused-ring (bicyclic) bond motifs is 1. The van der Waals surface area contributed by atoms with Gasteiger partial charge in [-0.15, -0.1) is 0 Å². The molecule has 74 valence electrons. The second-order valence-electron chi connectivity index (χ2n) is 3.19. The Balaban J connectivity index is 2.22. The largest absolute Gasteiger partial charge is 0.399 e. The van der Waals surface area contributed by atoms with Crippen molar-refractivity contribution in [3.63, 3.8) is 0 Å². The maximum Gasteiger partial charge on any atom is 0.195 e. The maximum absolute atomic E-state index is 5.71. The fraction of sp³-hybridized carbons (Fsp3) is 0. The number of aromatic nitrogens is 3. The highest BCUT2D eigenvalue weighted by atomic mass is 32.1. The second-order valence-corrected chi connectivity index (χ2v) is 4.20. The summed E-state index contributed by atoms with van der Waals surface area (Å²) in [5.41, 5.74) is 7.45. The van der Waals surface area contributed by atoms with Crippen LogP contribution in [0.5, 0.6) is 0 Å². The van der Waals surface area contributed by atoms with Gasteiger partial charge in [0, 0.05) is 18.1 Å². The van der Waals surface area contributed by atoms with E-state index in [0.717, 1.165) is 21.0 Å². The zero-order valence-corrected chi connectivity index (χ0v) is 8.61. The third-order valence-electron chi connectivity index (χ3n) is 2.13. The van der Waals surface area contributed by atoms with Crippen LogP contribution in [-0.2, 0) is 0 Å². The minimum absolute atomic E-state index is 0.767. The van der Waals surface area contributed by atoms with Crippen LogP contribution in [0.1, 0.15) is 0 Å². The van der Waals surface area contributed by atoms with Crippen LogP contribution in [0, 0.1) is 0 Å². The van der Waals surface area contributed by atoms with Crippen LogP contribution in [0.15, 0.2) is 36.9 Å². The molecule has 2 N–H and O–H groups in total. The molecule has 0 aliphatic carbocycles. The average molecular weight is 216 g/mol. The summed E-state index contributed by atoms with van der Waals surface area (Å²) in [6.07, 6.45) is 5.35. The van der Waals surface area contributed by atoms with Gasteiger partial charge in [-0.3, -0.25) is 4.57 Å². The van der Waals surface area contributed by atoms with Gasteiger partial charge in [-0.05, 0) is 18.2 Å².